The lowest BCUT2D eigenvalue weighted by Crippen LogP contribution is -2.31. The molecule has 1 atom stereocenters. The highest BCUT2D eigenvalue weighted by molar-refractivity contribution is 5.76. The highest BCUT2D eigenvalue weighted by Gasteiger charge is 2.32. The van der Waals surface area contributed by atoms with Crippen LogP contribution < -0.4 is 0 Å². The van der Waals surface area contributed by atoms with Crippen molar-refractivity contribution in [2.24, 2.45) is 11.3 Å². The van der Waals surface area contributed by atoms with Crippen molar-refractivity contribution < 1.29 is 19.1 Å². The Labute approximate surface area is 116 Å². The van der Waals surface area contributed by atoms with Crippen LogP contribution in [0.5, 0.6) is 0 Å². The fourth-order valence-electron chi connectivity index (χ4n) is 2.00. The smallest absolute Gasteiger partial charge is 0.311 e. The van der Waals surface area contributed by atoms with Gasteiger partial charge in [-0.3, -0.25) is 9.59 Å². The molecular formula is C15H28O4. The Balaban J connectivity index is 4.33. The van der Waals surface area contributed by atoms with E-state index >= 15 is 0 Å². The molecule has 4 nitrogen and oxygen atoms in total. The van der Waals surface area contributed by atoms with Gasteiger partial charge in [-0.2, -0.15) is 0 Å². The molecule has 0 heterocycles. The van der Waals surface area contributed by atoms with Crippen molar-refractivity contribution in [3.05, 3.63) is 0 Å². The van der Waals surface area contributed by atoms with E-state index in [4.69, 9.17) is 9.47 Å². The van der Waals surface area contributed by atoms with Crippen LogP contribution in [0.4, 0.5) is 0 Å². The fourth-order valence-corrected chi connectivity index (χ4v) is 2.00. The maximum Gasteiger partial charge on any atom is 0.311 e. The molecule has 0 aliphatic carbocycles. The van der Waals surface area contributed by atoms with E-state index in [1.807, 2.05) is 48.5 Å². The van der Waals surface area contributed by atoms with E-state index in [1.54, 1.807) is 0 Å². The largest absolute Gasteiger partial charge is 0.463 e. The topological polar surface area (TPSA) is 52.6 Å². The standard InChI is InChI=1S/C15H28O4/c1-10(2)18-13(16)8-12(5)9-15(6,7)14(17)19-11(3)4/h10-12H,8-9H2,1-7H3. The lowest BCUT2D eigenvalue weighted by atomic mass is 9.82. The molecule has 0 bridgehead atoms. The molecule has 0 saturated heterocycles. The number of hydrogen-bond acceptors (Lipinski definition) is 4. The van der Waals surface area contributed by atoms with Gasteiger partial charge in [-0.1, -0.05) is 6.92 Å². The van der Waals surface area contributed by atoms with E-state index in [0.29, 0.717) is 12.8 Å². The number of carbonyl (C=O) groups is 2. The predicted molar refractivity (Wildman–Crippen MR) is 74.6 cm³/mol. The van der Waals surface area contributed by atoms with Gasteiger partial charge in [0.1, 0.15) is 0 Å². The van der Waals surface area contributed by atoms with Gasteiger partial charge in [0.25, 0.3) is 0 Å². The molecule has 19 heavy (non-hydrogen) atoms. The zero-order chi connectivity index (χ0) is 15.2. The minimum absolute atomic E-state index is 0.0842. The molecule has 112 valence electrons. The van der Waals surface area contributed by atoms with Gasteiger partial charge >= 0.3 is 11.9 Å². The van der Waals surface area contributed by atoms with Gasteiger partial charge in [-0.15, -0.1) is 0 Å². The summed E-state index contributed by atoms with van der Waals surface area (Å²) in [5.41, 5.74) is -0.582. The number of hydrogen-bond donors (Lipinski definition) is 0. The summed E-state index contributed by atoms with van der Waals surface area (Å²) in [6.07, 6.45) is 0.717. The van der Waals surface area contributed by atoms with E-state index in [9.17, 15) is 9.59 Å². The van der Waals surface area contributed by atoms with E-state index in [-0.39, 0.29) is 30.1 Å². The minimum Gasteiger partial charge on any atom is -0.463 e. The van der Waals surface area contributed by atoms with Crippen molar-refractivity contribution in [3.8, 4) is 0 Å². The Kier molecular flexibility index (Phi) is 7.09. The lowest BCUT2D eigenvalue weighted by molar-refractivity contribution is -0.160. The lowest BCUT2D eigenvalue weighted by Gasteiger charge is -2.26. The van der Waals surface area contributed by atoms with Crippen LogP contribution in [-0.4, -0.2) is 24.1 Å². The second-order valence-electron chi connectivity index (χ2n) is 6.39. The molecule has 0 aromatic carbocycles. The summed E-state index contributed by atoms with van der Waals surface area (Å²) in [6, 6.07) is 0. The van der Waals surface area contributed by atoms with Crippen molar-refractivity contribution >= 4 is 11.9 Å². The molecule has 1 unspecified atom stereocenters. The van der Waals surface area contributed by atoms with Crippen LogP contribution in [0.15, 0.2) is 0 Å². The molecule has 0 rings (SSSR count). The maximum atomic E-state index is 11.9. The van der Waals surface area contributed by atoms with Crippen LogP contribution >= 0.6 is 0 Å². The Morgan fingerprint density at radius 3 is 1.84 bits per heavy atom. The zero-order valence-electron chi connectivity index (χ0n) is 13.3. The van der Waals surface area contributed by atoms with Crippen molar-refractivity contribution in [2.75, 3.05) is 0 Å². The number of carbonyl (C=O) groups excluding carboxylic acids is 2. The molecular weight excluding hydrogens is 244 g/mol. The number of esters is 2. The molecule has 0 aliphatic heterocycles. The van der Waals surface area contributed by atoms with Crippen molar-refractivity contribution in [3.63, 3.8) is 0 Å². The zero-order valence-corrected chi connectivity index (χ0v) is 13.3. The third-order valence-electron chi connectivity index (χ3n) is 2.64. The highest BCUT2D eigenvalue weighted by Crippen LogP contribution is 2.29. The second-order valence-corrected chi connectivity index (χ2v) is 6.39. The Bertz CT molecular complexity index is 305. The van der Waals surface area contributed by atoms with Crippen LogP contribution in [0.1, 0.15) is 61.3 Å². The first kappa shape index (κ1) is 17.9. The molecule has 0 saturated carbocycles. The van der Waals surface area contributed by atoms with E-state index in [2.05, 4.69) is 0 Å². The molecule has 4 heteroatoms. The minimum atomic E-state index is -0.582. The fraction of sp³-hybridized carbons (Fsp3) is 0.867. The van der Waals surface area contributed by atoms with Crippen LogP contribution in [0.2, 0.25) is 0 Å². The average Bonchev–Trinajstić information content (AvgIpc) is 2.12. The monoisotopic (exact) mass is 272 g/mol. The van der Waals surface area contributed by atoms with Gasteiger partial charge in [0, 0.05) is 6.42 Å². The summed E-state index contributed by atoms with van der Waals surface area (Å²) in [6.45, 7) is 13.0. The molecule has 0 spiro atoms. The third-order valence-corrected chi connectivity index (χ3v) is 2.64. The summed E-state index contributed by atoms with van der Waals surface area (Å²) in [7, 11) is 0. The van der Waals surface area contributed by atoms with Crippen LogP contribution in [-0.2, 0) is 19.1 Å². The normalized spacial score (nSPS) is 13.5. The van der Waals surface area contributed by atoms with Gasteiger partial charge < -0.3 is 9.47 Å². The molecule has 0 amide bonds. The van der Waals surface area contributed by atoms with E-state index < -0.39 is 5.41 Å². The van der Waals surface area contributed by atoms with Gasteiger partial charge in [-0.05, 0) is 53.9 Å². The summed E-state index contributed by atoms with van der Waals surface area (Å²) < 4.78 is 10.3. The SMILES string of the molecule is CC(CC(=O)OC(C)C)CC(C)(C)C(=O)OC(C)C. The third kappa shape index (κ3) is 7.85. The first-order chi connectivity index (χ1) is 8.54. The van der Waals surface area contributed by atoms with Gasteiger partial charge in [-0.25, -0.2) is 0 Å². The van der Waals surface area contributed by atoms with Crippen LogP contribution in [0.3, 0.4) is 0 Å². The van der Waals surface area contributed by atoms with Crippen molar-refractivity contribution in [1.82, 2.24) is 0 Å². The van der Waals surface area contributed by atoms with Gasteiger partial charge in [0.2, 0.25) is 0 Å². The number of ether oxygens (including phenoxy) is 2. The summed E-state index contributed by atoms with van der Waals surface area (Å²) in [5.74, 6) is -0.344. The summed E-state index contributed by atoms with van der Waals surface area (Å²) in [5, 5.41) is 0. The van der Waals surface area contributed by atoms with Crippen LogP contribution in [0, 0.1) is 11.3 Å². The average molecular weight is 272 g/mol. The molecule has 0 aliphatic rings. The van der Waals surface area contributed by atoms with Crippen molar-refractivity contribution in [2.45, 2.75) is 73.5 Å². The molecule has 0 aromatic rings. The Morgan fingerprint density at radius 2 is 1.42 bits per heavy atom. The molecule has 0 fully saturated rings. The summed E-state index contributed by atoms with van der Waals surface area (Å²) >= 11 is 0. The highest BCUT2D eigenvalue weighted by atomic mass is 16.5. The Morgan fingerprint density at radius 1 is 0.947 bits per heavy atom. The maximum absolute atomic E-state index is 11.9. The van der Waals surface area contributed by atoms with Crippen molar-refractivity contribution in [1.29, 1.82) is 0 Å². The predicted octanol–water partition coefficient (Wildman–Crippen LogP) is 3.33. The van der Waals surface area contributed by atoms with E-state index in [0.717, 1.165) is 0 Å². The first-order valence-electron chi connectivity index (χ1n) is 6.95. The van der Waals surface area contributed by atoms with Crippen LogP contribution in [0.25, 0.3) is 0 Å². The quantitative estimate of drug-likeness (QED) is 0.667. The Hall–Kier alpha value is -1.06. The number of rotatable bonds is 7. The first-order valence-corrected chi connectivity index (χ1v) is 6.95. The molecule has 0 N–H and O–H groups in total. The molecule has 0 radical (unpaired) electrons. The van der Waals surface area contributed by atoms with E-state index in [1.165, 1.54) is 0 Å². The second kappa shape index (κ2) is 7.51. The van der Waals surface area contributed by atoms with Gasteiger partial charge in [0.05, 0.1) is 17.6 Å². The molecule has 0 aromatic heterocycles. The van der Waals surface area contributed by atoms with Gasteiger partial charge in [0.15, 0.2) is 0 Å². The summed E-state index contributed by atoms with van der Waals surface area (Å²) in [4.78, 5) is 23.5.